The van der Waals surface area contributed by atoms with Crippen LogP contribution in [0.3, 0.4) is 0 Å². The lowest BCUT2D eigenvalue weighted by Crippen LogP contribution is -2.08. The Morgan fingerprint density at radius 1 is 1.00 bits per heavy atom. The summed E-state index contributed by atoms with van der Waals surface area (Å²) in [6.45, 7) is 5.41. The van der Waals surface area contributed by atoms with E-state index in [2.05, 4.69) is 26.0 Å². The number of carboxylic acids is 1. The van der Waals surface area contributed by atoms with Crippen molar-refractivity contribution in [3.8, 4) is 28.3 Å². The number of ether oxygens (including phenoxy) is 1. The third-order valence-electron chi connectivity index (χ3n) is 5.35. The molecule has 0 radical (unpaired) electrons. The van der Waals surface area contributed by atoms with E-state index in [9.17, 15) is 9.90 Å². The van der Waals surface area contributed by atoms with Gasteiger partial charge in [-0.1, -0.05) is 74.0 Å². The molecule has 1 N–H and O–H groups in total. The Hall–Kier alpha value is -3.57. The van der Waals surface area contributed by atoms with Gasteiger partial charge in [-0.3, -0.25) is 9.48 Å². The molecule has 0 atom stereocenters. The first-order chi connectivity index (χ1) is 16.4. The molecule has 0 saturated heterocycles. The lowest BCUT2D eigenvalue weighted by atomic mass is 10.0. The number of aromatic nitrogens is 2. The Labute approximate surface area is 204 Å². The van der Waals surface area contributed by atoms with Gasteiger partial charge in [-0.05, 0) is 52.9 Å². The predicted molar refractivity (Wildman–Crippen MR) is 135 cm³/mol. The molecule has 0 unspecified atom stereocenters. The first-order valence-corrected chi connectivity index (χ1v) is 11.6. The van der Waals surface area contributed by atoms with Crippen LogP contribution in [0.1, 0.15) is 25.0 Å². The molecule has 0 aliphatic rings. The Morgan fingerprint density at radius 2 is 1.79 bits per heavy atom. The van der Waals surface area contributed by atoms with Gasteiger partial charge in [0.25, 0.3) is 0 Å². The van der Waals surface area contributed by atoms with E-state index in [4.69, 9.17) is 21.4 Å². The first-order valence-electron chi connectivity index (χ1n) is 11.2. The summed E-state index contributed by atoms with van der Waals surface area (Å²) in [7, 11) is 0. The summed E-state index contributed by atoms with van der Waals surface area (Å²) in [5.41, 5.74) is 5.23. The Balaban J connectivity index is 1.76. The van der Waals surface area contributed by atoms with E-state index in [1.165, 1.54) is 0 Å². The number of hydrogen-bond donors (Lipinski definition) is 1. The molecule has 4 aromatic rings. The molecule has 34 heavy (non-hydrogen) atoms. The zero-order chi connectivity index (χ0) is 24.1. The van der Waals surface area contributed by atoms with Crippen molar-refractivity contribution in [1.82, 2.24) is 9.78 Å². The van der Waals surface area contributed by atoms with Crippen LogP contribution in [0, 0.1) is 5.92 Å². The van der Waals surface area contributed by atoms with Gasteiger partial charge in [-0.25, -0.2) is 0 Å². The molecule has 5 nitrogen and oxygen atoms in total. The van der Waals surface area contributed by atoms with Crippen LogP contribution in [0.2, 0.25) is 5.02 Å². The maximum atomic E-state index is 11.3. The highest BCUT2D eigenvalue weighted by molar-refractivity contribution is 6.30. The SMILES string of the molecule is CC(C)Cn1nc(-c2cc(CC(=O)O)ccc2OCc2cccc(Cl)c2)cc1-c1ccccc1. The monoisotopic (exact) mass is 474 g/mol. The predicted octanol–water partition coefficient (Wildman–Crippen LogP) is 6.73. The van der Waals surface area contributed by atoms with E-state index < -0.39 is 5.97 Å². The second-order valence-electron chi connectivity index (χ2n) is 8.68. The van der Waals surface area contributed by atoms with Crippen molar-refractivity contribution in [3.63, 3.8) is 0 Å². The van der Waals surface area contributed by atoms with Crippen molar-refractivity contribution in [1.29, 1.82) is 0 Å². The fourth-order valence-electron chi connectivity index (χ4n) is 3.85. The number of nitrogens with zero attached hydrogens (tertiary/aromatic N) is 2. The number of halogens is 1. The average molecular weight is 475 g/mol. The van der Waals surface area contributed by atoms with Gasteiger partial charge in [-0.2, -0.15) is 5.10 Å². The molecule has 4 rings (SSSR count). The van der Waals surface area contributed by atoms with Crippen LogP contribution in [-0.2, 0) is 24.4 Å². The summed E-state index contributed by atoms with van der Waals surface area (Å²) in [6, 6.07) is 25.2. The van der Waals surface area contributed by atoms with Gasteiger partial charge >= 0.3 is 5.97 Å². The summed E-state index contributed by atoms with van der Waals surface area (Å²) < 4.78 is 8.19. The summed E-state index contributed by atoms with van der Waals surface area (Å²) in [5.74, 6) is 0.170. The summed E-state index contributed by atoms with van der Waals surface area (Å²) in [6.07, 6.45) is -0.0696. The van der Waals surface area contributed by atoms with Crippen molar-refractivity contribution < 1.29 is 14.6 Å². The van der Waals surface area contributed by atoms with Crippen molar-refractivity contribution in [2.24, 2.45) is 5.92 Å². The van der Waals surface area contributed by atoms with Crippen molar-refractivity contribution >= 4 is 17.6 Å². The zero-order valence-electron chi connectivity index (χ0n) is 19.2. The summed E-state index contributed by atoms with van der Waals surface area (Å²) in [5, 5.41) is 14.9. The molecule has 0 spiro atoms. The molecule has 174 valence electrons. The molecule has 1 heterocycles. The average Bonchev–Trinajstić information content (AvgIpc) is 3.21. The second-order valence-corrected chi connectivity index (χ2v) is 9.11. The van der Waals surface area contributed by atoms with Crippen LogP contribution in [0.25, 0.3) is 22.5 Å². The molecule has 1 aromatic heterocycles. The minimum atomic E-state index is -0.881. The minimum absolute atomic E-state index is 0.0696. The van der Waals surface area contributed by atoms with Crippen LogP contribution < -0.4 is 4.74 Å². The molecule has 0 saturated carbocycles. The lowest BCUT2D eigenvalue weighted by molar-refractivity contribution is -0.136. The molecule has 0 amide bonds. The lowest BCUT2D eigenvalue weighted by Gasteiger charge is -2.12. The molecule has 3 aromatic carbocycles. The van der Waals surface area contributed by atoms with Crippen LogP contribution >= 0.6 is 11.6 Å². The highest BCUT2D eigenvalue weighted by atomic mass is 35.5. The molecule has 6 heteroatoms. The third kappa shape index (κ3) is 5.86. The Morgan fingerprint density at radius 3 is 2.50 bits per heavy atom. The van der Waals surface area contributed by atoms with Gasteiger partial charge in [-0.15, -0.1) is 0 Å². The topological polar surface area (TPSA) is 64.4 Å². The third-order valence-corrected chi connectivity index (χ3v) is 5.58. The minimum Gasteiger partial charge on any atom is -0.488 e. The van der Waals surface area contributed by atoms with E-state index >= 15 is 0 Å². The van der Waals surface area contributed by atoms with Gasteiger partial charge in [0.2, 0.25) is 0 Å². The number of carboxylic acid groups (broad SMARTS) is 1. The number of carbonyl (C=O) groups is 1. The second kappa shape index (κ2) is 10.6. The molecule has 0 aliphatic heterocycles. The van der Waals surface area contributed by atoms with Crippen LogP contribution in [0.4, 0.5) is 0 Å². The van der Waals surface area contributed by atoms with E-state index in [1.54, 1.807) is 6.07 Å². The standard InChI is InChI=1S/C28H27ClN2O3/c1-19(2)17-31-26(22-8-4-3-5-9-22)16-25(30-31)24-14-20(15-28(32)33)11-12-27(24)34-18-21-7-6-10-23(29)13-21/h3-14,16,19H,15,17-18H2,1-2H3,(H,32,33). The number of hydrogen-bond acceptors (Lipinski definition) is 3. The van der Waals surface area contributed by atoms with Crippen LogP contribution in [0.15, 0.2) is 78.9 Å². The molecular weight excluding hydrogens is 448 g/mol. The summed E-state index contributed by atoms with van der Waals surface area (Å²) in [4.78, 5) is 11.3. The molecule has 0 aliphatic carbocycles. The van der Waals surface area contributed by atoms with E-state index in [0.717, 1.165) is 34.6 Å². The quantitative estimate of drug-likeness (QED) is 0.292. The van der Waals surface area contributed by atoms with Gasteiger partial charge in [0, 0.05) is 17.1 Å². The van der Waals surface area contributed by atoms with E-state index in [1.807, 2.05) is 65.3 Å². The largest absolute Gasteiger partial charge is 0.488 e. The van der Waals surface area contributed by atoms with E-state index in [0.29, 0.717) is 28.9 Å². The van der Waals surface area contributed by atoms with Crippen molar-refractivity contribution in [3.05, 3.63) is 95.0 Å². The highest BCUT2D eigenvalue weighted by Gasteiger charge is 2.17. The van der Waals surface area contributed by atoms with Crippen molar-refractivity contribution in [2.75, 3.05) is 0 Å². The van der Waals surface area contributed by atoms with Gasteiger partial charge in [0.1, 0.15) is 12.4 Å². The Bertz CT molecular complexity index is 1280. The van der Waals surface area contributed by atoms with Crippen molar-refractivity contribution in [2.45, 2.75) is 33.4 Å². The smallest absolute Gasteiger partial charge is 0.307 e. The van der Waals surface area contributed by atoms with Crippen LogP contribution in [-0.4, -0.2) is 20.9 Å². The van der Waals surface area contributed by atoms with E-state index in [-0.39, 0.29) is 6.42 Å². The maximum Gasteiger partial charge on any atom is 0.307 e. The normalized spacial score (nSPS) is 11.1. The summed E-state index contributed by atoms with van der Waals surface area (Å²) >= 11 is 6.12. The van der Waals surface area contributed by atoms with Gasteiger partial charge in [0.15, 0.2) is 0 Å². The molecule has 0 fully saturated rings. The highest BCUT2D eigenvalue weighted by Crippen LogP contribution is 2.34. The van der Waals surface area contributed by atoms with Gasteiger partial charge in [0.05, 0.1) is 17.8 Å². The Kier molecular flexibility index (Phi) is 7.33. The number of benzene rings is 3. The number of aliphatic carboxylic acids is 1. The van der Waals surface area contributed by atoms with Gasteiger partial charge < -0.3 is 9.84 Å². The molecular formula is C28H27ClN2O3. The fraction of sp³-hybridized carbons (Fsp3) is 0.214. The zero-order valence-corrected chi connectivity index (χ0v) is 20.0. The van der Waals surface area contributed by atoms with Crippen LogP contribution in [0.5, 0.6) is 5.75 Å². The maximum absolute atomic E-state index is 11.3. The fourth-order valence-corrected chi connectivity index (χ4v) is 4.06. The first kappa shape index (κ1) is 23.6. The molecule has 0 bridgehead atoms. The number of rotatable bonds is 9.